The number of fused-ring (bicyclic) bond motifs is 3. The van der Waals surface area contributed by atoms with Crippen LogP contribution in [0.1, 0.15) is 62.2 Å². The summed E-state index contributed by atoms with van der Waals surface area (Å²) in [5, 5.41) is 3.18. The number of benzene rings is 1. The fourth-order valence-electron chi connectivity index (χ4n) is 5.90. The Labute approximate surface area is 160 Å². The molecule has 5 nitrogen and oxygen atoms in total. The standard InChI is InChI=1S/C22H28N2O3/c1-14-6-4-5-11-24(14)21(26)18-12-16-10-9-15(18)13-22(16)23-20(25)17-7-2-3-8-19(17)27-22/h2-3,7-8,14-16,18H,4-6,9-13H2,1H3,(H,23,25)/t14-,15+,16-,18+,22-/m1/s1. The Morgan fingerprint density at radius 3 is 2.85 bits per heavy atom. The van der Waals surface area contributed by atoms with Crippen molar-refractivity contribution < 1.29 is 14.3 Å². The number of ether oxygens (including phenoxy) is 1. The molecular formula is C22H28N2O3. The lowest BCUT2D eigenvalue weighted by molar-refractivity contribution is -0.158. The third kappa shape index (κ3) is 2.66. The summed E-state index contributed by atoms with van der Waals surface area (Å²) in [5.74, 6) is 1.57. The van der Waals surface area contributed by atoms with E-state index in [4.69, 9.17) is 4.74 Å². The van der Waals surface area contributed by atoms with Gasteiger partial charge in [-0.2, -0.15) is 0 Å². The highest BCUT2D eigenvalue weighted by Crippen LogP contribution is 2.53. The van der Waals surface area contributed by atoms with Crippen molar-refractivity contribution >= 4 is 11.8 Å². The van der Waals surface area contributed by atoms with E-state index < -0.39 is 5.72 Å². The van der Waals surface area contributed by atoms with E-state index in [0.29, 0.717) is 29.2 Å². The smallest absolute Gasteiger partial charge is 0.258 e. The van der Waals surface area contributed by atoms with Crippen molar-refractivity contribution in [3.63, 3.8) is 0 Å². The van der Waals surface area contributed by atoms with E-state index in [1.54, 1.807) is 0 Å². The molecule has 3 aliphatic carbocycles. The van der Waals surface area contributed by atoms with Gasteiger partial charge in [-0.25, -0.2) is 0 Å². The van der Waals surface area contributed by atoms with Crippen molar-refractivity contribution in [1.82, 2.24) is 10.2 Å². The number of nitrogens with one attached hydrogen (secondary N) is 1. The maximum atomic E-state index is 13.3. The number of likely N-dealkylation sites (tertiary alicyclic amines) is 1. The van der Waals surface area contributed by atoms with Crippen LogP contribution < -0.4 is 10.1 Å². The quantitative estimate of drug-likeness (QED) is 0.827. The molecule has 27 heavy (non-hydrogen) atoms. The molecule has 2 aliphatic heterocycles. The van der Waals surface area contributed by atoms with E-state index in [2.05, 4.69) is 17.1 Å². The summed E-state index contributed by atoms with van der Waals surface area (Å²) in [6, 6.07) is 7.83. The molecule has 1 aromatic rings. The lowest BCUT2D eigenvalue weighted by Gasteiger charge is -2.55. The van der Waals surface area contributed by atoms with Gasteiger partial charge >= 0.3 is 0 Å². The van der Waals surface area contributed by atoms with Gasteiger partial charge in [0.15, 0.2) is 5.72 Å². The second kappa shape index (κ2) is 6.25. The topological polar surface area (TPSA) is 58.6 Å². The van der Waals surface area contributed by atoms with Crippen LogP contribution in [0, 0.1) is 17.8 Å². The summed E-state index contributed by atoms with van der Waals surface area (Å²) in [7, 11) is 0. The minimum atomic E-state index is -0.626. The van der Waals surface area contributed by atoms with Crippen LogP contribution in [0.15, 0.2) is 24.3 Å². The lowest BCUT2D eigenvalue weighted by atomic mass is 9.59. The first-order valence-electron chi connectivity index (χ1n) is 10.5. The number of hydrogen-bond acceptors (Lipinski definition) is 3. The van der Waals surface area contributed by atoms with Crippen molar-refractivity contribution in [2.45, 2.75) is 63.6 Å². The van der Waals surface area contributed by atoms with Gasteiger partial charge in [0, 0.05) is 30.8 Å². The van der Waals surface area contributed by atoms with Gasteiger partial charge in [-0.3, -0.25) is 9.59 Å². The van der Waals surface area contributed by atoms with Crippen LogP contribution >= 0.6 is 0 Å². The molecular weight excluding hydrogens is 340 g/mol. The molecule has 2 amide bonds. The number of piperidine rings is 1. The number of para-hydroxylation sites is 1. The SMILES string of the molecule is C[C@@H]1CCCCN1C(=O)[C@H]1C[C@H]2CC[C@H]1C[C@]21NC(=O)c2ccccc2O1. The van der Waals surface area contributed by atoms with Gasteiger partial charge in [0.2, 0.25) is 5.91 Å². The summed E-state index contributed by atoms with van der Waals surface area (Å²) < 4.78 is 6.40. The molecule has 1 saturated heterocycles. The van der Waals surface area contributed by atoms with E-state index in [0.717, 1.165) is 45.1 Å². The molecule has 5 atom stereocenters. The Balaban J connectivity index is 1.38. The fraction of sp³-hybridized carbons (Fsp3) is 0.636. The van der Waals surface area contributed by atoms with Crippen molar-refractivity contribution in [1.29, 1.82) is 0 Å². The van der Waals surface area contributed by atoms with E-state index >= 15 is 0 Å². The summed E-state index contributed by atoms with van der Waals surface area (Å²) in [4.78, 5) is 28.1. The van der Waals surface area contributed by atoms with Crippen LogP contribution in [0.2, 0.25) is 0 Å². The summed E-state index contributed by atoms with van der Waals surface area (Å²) in [6.07, 6.45) is 7.12. The summed E-state index contributed by atoms with van der Waals surface area (Å²) >= 11 is 0. The normalized spacial score (nSPS) is 37.5. The van der Waals surface area contributed by atoms with Crippen LogP contribution in [0.3, 0.4) is 0 Å². The largest absolute Gasteiger partial charge is 0.467 e. The highest BCUT2D eigenvalue weighted by atomic mass is 16.5. The molecule has 1 aromatic carbocycles. The molecule has 0 unspecified atom stereocenters. The third-order valence-electron chi connectivity index (χ3n) is 7.37. The van der Waals surface area contributed by atoms with Crippen molar-refractivity contribution in [2.24, 2.45) is 17.8 Å². The number of carbonyl (C=O) groups is 2. The molecule has 1 spiro atoms. The van der Waals surface area contributed by atoms with Gasteiger partial charge < -0.3 is 15.0 Å². The van der Waals surface area contributed by atoms with Gasteiger partial charge in [-0.15, -0.1) is 0 Å². The lowest BCUT2D eigenvalue weighted by Crippen LogP contribution is -2.67. The number of carbonyl (C=O) groups excluding carboxylic acids is 2. The zero-order chi connectivity index (χ0) is 18.6. The molecule has 3 saturated carbocycles. The van der Waals surface area contributed by atoms with Crippen molar-refractivity contribution in [2.75, 3.05) is 6.54 Å². The molecule has 5 heteroatoms. The maximum Gasteiger partial charge on any atom is 0.258 e. The van der Waals surface area contributed by atoms with Crippen molar-refractivity contribution in [3.05, 3.63) is 29.8 Å². The second-order valence-corrected chi connectivity index (χ2v) is 8.90. The van der Waals surface area contributed by atoms with Gasteiger partial charge in [0.25, 0.3) is 5.91 Å². The van der Waals surface area contributed by atoms with E-state index in [1.165, 1.54) is 6.42 Å². The first-order chi connectivity index (χ1) is 13.1. The monoisotopic (exact) mass is 368 g/mol. The minimum Gasteiger partial charge on any atom is -0.467 e. The number of hydrogen-bond donors (Lipinski definition) is 1. The Morgan fingerprint density at radius 1 is 1.22 bits per heavy atom. The highest BCUT2D eigenvalue weighted by molar-refractivity contribution is 5.98. The van der Waals surface area contributed by atoms with Crippen molar-refractivity contribution in [3.8, 4) is 5.75 Å². The Hall–Kier alpha value is -2.04. The molecule has 1 N–H and O–H groups in total. The molecule has 5 aliphatic rings. The number of rotatable bonds is 1. The average molecular weight is 368 g/mol. The maximum absolute atomic E-state index is 13.3. The van der Waals surface area contributed by atoms with Crippen LogP contribution in [0.4, 0.5) is 0 Å². The van der Waals surface area contributed by atoms with E-state index in [-0.39, 0.29) is 17.7 Å². The molecule has 4 fully saturated rings. The minimum absolute atomic E-state index is 0.0445. The molecule has 2 bridgehead atoms. The molecule has 0 radical (unpaired) electrons. The van der Waals surface area contributed by atoms with Crippen LogP contribution in [-0.4, -0.2) is 35.0 Å². The number of amides is 2. The Morgan fingerprint density at radius 2 is 2.07 bits per heavy atom. The van der Waals surface area contributed by atoms with Gasteiger partial charge in [-0.1, -0.05) is 12.1 Å². The molecule has 144 valence electrons. The Bertz CT molecular complexity index is 779. The first kappa shape index (κ1) is 17.1. The third-order valence-corrected chi connectivity index (χ3v) is 7.37. The van der Waals surface area contributed by atoms with Gasteiger partial charge in [0.05, 0.1) is 5.56 Å². The Kier molecular flexibility index (Phi) is 3.95. The van der Waals surface area contributed by atoms with E-state index in [1.807, 2.05) is 24.3 Å². The molecule has 6 rings (SSSR count). The second-order valence-electron chi connectivity index (χ2n) is 8.90. The van der Waals surface area contributed by atoms with Crippen LogP contribution in [-0.2, 0) is 4.79 Å². The predicted octanol–water partition coefficient (Wildman–Crippen LogP) is 3.34. The van der Waals surface area contributed by atoms with Gasteiger partial charge in [-0.05, 0) is 63.5 Å². The zero-order valence-electron chi connectivity index (χ0n) is 15.9. The van der Waals surface area contributed by atoms with Crippen LogP contribution in [0.25, 0.3) is 0 Å². The molecule has 2 heterocycles. The summed E-state index contributed by atoms with van der Waals surface area (Å²) in [5.41, 5.74) is -0.0158. The van der Waals surface area contributed by atoms with E-state index in [9.17, 15) is 9.59 Å². The highest BCUT2D eigenvalue weighted by Gasteiger charge is 2.57. The fourth-order valence-corrected chi connectivity index (χ4v) is 5.90. The zero-order valence-corrected chi connectivity index (χ0v) is 15.9. The average Bonchev–Trinajstić information content (AvgIpc) is 2.68. The first-order valence-corrected chi connectivity index (χ1v) is 10.5. The molecule has 0 aromatic heterocycles. The predicted molar refractivity (Wildman–Crippen MR) is 101 cm³/mol. The van der Waals surface area contributed by atoms with Crippen LogP contribution in [0.5, 0.6) is 5.75 Å². The summed E-state index contributed by atoms with van der Waals surface area (Å²) in [6.45, 7) is 3.08. The number of nitrogens with zero attached hydrogens (tertiary/aromatic N) is 1. The van der Waals surface area contributed by atoms with Gasteiger partial charge in [0.1, 0.15) is 5.75 Å².